The minimum Gasteiger partial charge on any atom is -0.448 e. The first-order chi connectivity index (χ1) is 11.7. The predicted octanol–water partition coefficient (Wildman–Crippen LogP) is 2.86. The third-order valence-electron chi connectivity index (χ3n) is 4.37. The molecule has 0 aliphatic carbocycles. The lowest BCUT2D eigenvalue weighted by Gasteiger charge is -2.29. The number of ether oxygens (including phenoxy) is 1. The molecule has 1 aliphatic heterocycles. The van der Waals surface area contributed by atoms with Crippen LogP contribution >= 0.6 is 0 Å². The lowest BCUT2D eigenvalue weighted by Crippen LogP contribution is -2.45. The summed E-state index contributed by atoms with van der Waals surface area (Å²) in [5, 5.41) is 0. The maximum absolute atomic E-state index is 12.8. The second kappa shape index (κ2) is 7.30. The zero-order valence-electron chi connectivity index (χ0n) is 13.8. The number of benzene rings is 2. The molecular weight excluding hydrogens is 302 g/mol. The van der Waals surface area contributed by atoms with E-state index in [1.54, 1.807) is 17.0 Å². The molecule has 0 radical (unpaired) electrons. The van der Waals surface area contributed by atoms with E-state index >= 15 is 0 Å². The van der Waals surface area contributed by atoms with Gasteiger partial charge in [0.1, 0.15) is 0 Å². The van der Waals surface area contributed by atoms with Crippen LogP contribution < -0.4 is 0 Å². The molecule has 0 bridgehead atoms. The highest BCUT2D eigenvalue weighted by atomic mass is 16.5. The van der Waals surface area contributed by atoms with Gasteiger partial charge in [-0.2, -0.15) is 0 Å². The number of nitrogens with zero attached hydrogens (tertiary/aromatic N) is 1. The normalized spacial score (nSPS) is 16.2. The Labute approximate surface area is 142 Å². The molecule has 1 atom stereocenters. The van der Waals surface area contributed by atoms with Crippen LogP contribution in [0.2, 0.25) is 0 Å². The van der Waals surface area contributed by atoms with E-state index in [1.807, 2.05) is 37.3 Å². The van der Waals surface area contributed by atoms with Gasteiger partial charge >= 0.3 is 5.97 Å². The molecule has 0 fully saturated rings. The molecule has 0 saturated carbocycles. The Morgan fingerprint density at radius 1 is 1.12 bits per heavy atom. The number of esters is 1. The Bertz CT molecular complexity index is 727. The van der Waals surface area contributed by atoms with Crippen LogP contribution in [-0.4, -0.2) is 36.0 Å². The molecule has 124 valence electrons. The molecular formula is C20H21NO3. The van der Waals surface area contributed by atoms with Crippen molar-refractivity contribution in [1.29, 1.82) is 0 Å². The summed E-state index contributed by atoms with van der Waals surface area (Å²) < 4.78 is 5.38. The van der Waals surface area contributed by atoms with Crippen LogP contribution in [0, 0.1) is 0 Å². The van der Waals surface area contributed by atoms with Crippen LogP contribution in [0.1, 0.15) is 28.4 Å². The molecule has 1 aliphatic rings. The SMILES string of the molecule is CCN(CCc1ccccc1)C(=O)C1Cc2ccccc2C(=O)O1. The van der Waals surface area contributed by atoms with Gasteiger partial charge in [0.15, 0.2) is 6.10 Å². The Hall–Kier alpha value is -2.62. The molecule has 0 spiro atoms. The molecule has 2 aromatic carbocycles. The van der Waals surface area contributed by atoms with Crippen molar-refractivity contribution >= 4 is 11.9 Å². The molecule has 1 heterocycles. The van der Waals surface area contributed by atoms with E-state index < -0.39 is 12.1 Å². The summed E-state index contributed by atoms with van der Waals surface area (Å²) in [5.41, 5.74) is 2.63. The number of amides is 1. The van der Waals surface area contributed by atoms with Gasteiger partial charge in [-0.3, -0.25) is 4.79 Å². The van der Waals surface area contributed by atoms with Crippen LogP contribution in [0.15, 0.2) is 54.6 Å². The molecule has 1 amide bonds. The molecule has 0 N–H and O–H groups in total. The second-order valence-corrected chi connectivity index (χ2v) is 5.91. The zero-order chi connectivity index (χ0) is 16.9. The van der Waals surface area contributed by atoms with Gasteiger partial charge in [-0.05, 0) is 30.5 Å². The Balaban J connectivity index is 1.67. The summed E-state index contributed by atoms with van der Waals surface area (Å²) in [7, 11) is 0. The summed E-state index contributed by atoms with van der Waals surface area (Å²) >= 11 is 0. The Kier molecular flexibility index (Phi) is 4.94. The smallest absolute Gasteiger partial charge is 0.339 e. The van der Waals surface area contributed by atoms with E-state index in [1.165, 1.54) is 5.56 Å². The van der Waals surface area contributed by atoms with E-state index in [0.29, 0.717) is 25.1 Å². The summed E-state index contributed by atoms with van der Waals surface area (Å²) in [6.07, 6.45) is 0.517. The first kappa shape index (κ1) is 16.2. The highest BCUT2D eigenvalue weighted by Crippen LogP contribution is 2.21. The first-order valence-electron chi connectivity index (χ1n) is 8.30. The molecule has 4 nitrogen and oxygen atoms in total. The summed E-state index contributed by atoms with van der Waals surface area (Å²) in [6, 6.07) is 17.4. The van der Waals surface area contributed by atoms with E-state index in [2.05, 4.69) is 12.1 Å². The summed E-state index contributed by atoms with van der Waals surface area (Å²) in [4.78, 5) is 26.6. The van der Waals surface area contributed by atoms with Crippen molar-refractivity contribution in [3.63, 3.8) is 0 Å². The molecule has 2 aromatic rings. The Morgan fingerprint density at radius 3 is 2.58 bits per heavy atom. The van der Waals surface area contributed by atoms with Gasteiger partial charge in [-0.1, -0.05) is 48.5 Å². The monoisotopic (exact) mass is 323 g/mol. The lowest BCUT2D eigenvalue weighted by atomic mass is 9.98. The number of likely N-dealkylation sites (N-methyl/N-ethyl adjacent to an activating group) is 1. The van der Waals surface area contributed by atoms with Gasteiger partial charge in [0.05, 0.1) is 5.56 Å². The van der Waals surface area contributed by atoms with Crippen LogP contribution in [0.25, 0.3) is 0 Å². The predicted molar refractivity (Wildman–Crippen MR) is 91.7 cm³/mol. The molecule has 0 aromatic heterocycles. The number of rotatable bonds is 5. The van der Waals surface area contributed by atoms with Crippen molar-refractivity contribution < 1.29 is 14.3 Å². The fraction of sp³-hybridized carbons (Fsp3) is 0.300. The lowest BCUT2D eigenvalue weighted by molar-refractivity contribution is -0.140. The molecule has 4 heteroatoms. The van der Waals surface area contributed by atoms with Gasteiger partial charge in [0.25, 0.3) is 5.91 Å². The van der Waals surface area contributed by atoms with Crippen LogP contribution in [0.5, 0.6) is 0 Å². The number of carbonyl (C=O) groups is 2. The van der Waals surface area contributed by atoms with Crippen LogP contribution in [-0.2, 0) is 22.4 Å². The average molecular weight is 323 g/mol. The highest BCUT2D eigenvalue weighted by molar-refractivity contribution is 5.95. The number of cyclic esters (lactones) is 1. The molecule has 0 saturated heterocycles. The number of carbonyl (C=O) groups excluding carboxylic acids is 2. The second-order valence-electron chi connectivity index (χ2n) is 5.91. The maximum atomic E-state index is 12.8. The van der Waals surface area contributed by atoms with Gasteiger partial charge in [-0.15, -0.1) is 0 Å². The standard InChI is InChI=1S/C20H21NO3/c1-2-21(13-12-15-8-4-3-5-9-15)19(22)18-14-16-10-6-7-11-17(16)20(23)24-18/h3-11,18H,2,12-14H2,1H3. The van der Waals surface area contributed by atoms with Crippen molar-refractivity contribution in [1.82, 2.24) is 4.90 Å². The van der Waals surface area contributed by atoms with Gasteiger partial charge in [-0.25, -0.2) is 4.79 Å². The fourth-order valence-corrected chi connectivity index (χ4v) is 3.01. The van der Waals surface area contributed by atoms with Gasteiger partial charge in [0, 0.05) is 19.5 Å². The number of hydrogen-bond acceptors (Lipinski definition) is 3. The van der Waals surface area contributed by atoms with Crippen molar-refractivity contribution in [2.24, 2.45) is 0 Å². The third-order valence-corrected chi connectivity index (χ3v) is 4.37. The van der Waals surface area contributed by atoms with Crippen molar-refractivity contribution in [3.8, 4) is 0 Å². The Morgan fingerprint density at radius 2 is 1.83 bits per heavy atom. The van der Waals surface area contributed by atoms with Crippen LogP contribution in [0.4, 0.5) is 0 Å². The van der Waals surface area contributed by atoms with E-state index in [4.69, 9.17) is 4.74 Å². The average Bonchev–Trinajstić information content (AvgIpc) is 2.63. The number of fused-ring (bicyclic) bond motifs is 1. The van der Waals surface area contributed by atoms with Crippen molar-refractivity contribution in [2.45, 2.75) is 25.9 Å². The van der Waals surface area contributed by atoms with E-state index in [9.17, 15) is 9.59 Å². The molecule has 24 heavy (non-hydrogen) atoms. The van der Waals surface area contributed by atoms with Gasteiger partial charge in [0.2, 0.25) is 0 Å². The fourth-order valence-electron chi connectivity index (χ4n) is 3.01. The first-order valence-corrected chi connectivity index (χ1v) is 8.30. The third kappa shape index (κ3) is 3.48. The highest BCUT2D eigenvalue weighted by Gasteiger charge is 2.33. The maximum Gasteiger partial charge on any atom is 0.339 e. The topological polar surface area (TPSA) is 46.6 Å². The van der Waals surface area contributed by atoms with E-state index in [0.717, 1.165) is 12.0 Å². The molecule has 3 rings (SSSR count). The molecule has 1 unspecified atom stereocenters. The minimum atomic E-state index is -0.719. The van der Waals surface area contributed by atoms with Crippen LogP contribution in [0.3, 0.4) is 0 Å². The summed E-state index contributed by atoms with van der Waals surface area (Å²) in [5.74, 6) is -0.523. The minimum absolute atomic E-state index is 0.115. The van der Waals surface area contributed by atoms with Crippen molar-refractivity contribution in [2.75, 3.05) is 13.1 Å². The summed E-state index contributed by atoms with van der Waals surface area (Å²) in [6.45, 7) is 3.16. The van der Waals surface area contributed by atoms with Gasteiger partial charge < -0.3 is 9.64 Å². The quantitative estimate of drug-likeness (QED) is 0.795. The largest absolute Gasteiger partial charge is 0.448 e. The number of hydrogen-bond donors (Lipinski definition) is 0. The zero-order valence-corrected chi connectivity index (χ0v) is 13.8. The van der Waals surface area contributed by atoms with E-state index in [-0.39, 0.29) is 5.91 Å². The van der Waals surface area contributed by atoms with Crippen molar-refractivity contribution in [3.05, 3.63) is 71.3 Å².